The first-order valence-corrected chi connectivity index (χ1v) is 10.3. The molecule has 0 unspecified atom stereocenters. The number of rotatable bonds is 0. The van der Waals surface area contributed by atoms with Crippen LogP contribution in [0.25, 0.3) is 10.8 Å². The highest BCUT2D eigenvalue weighted by Gasteiger charge is 2.21. The predicted molar refractivity (Wildman–Crippen MR) is 119 cm³/mol. The normalized spacial score (nSPS) is 11.3. The van der Waals surface area contributed by atoms with Crippen LogP contribution in [0.5, 0.6) is 5.75 Å². The second-order valence-electron chi connectivity index (χ2n) is 3.92. The Balaban J connectivity index is 3.22. The van der Waals surface area contributed by atoms with E-state index in [1.54, 1.807) is 0 Å². The maximum Gasteiger partial charge on any atom is 0.138 e. The molecule has 18 heavy (non-hydrogen) atoms. The van der Waals surface area contributed by atoms with Crippen molar-refractivity contribution in [2.24, 2.45) is 0 Å². The fraction of sp³-hybridized carbons (Fsp3) is 0.167. The molecule has 0 aliphatic heterocycles. The van der Waals surface area contributed by atoms with E-state index in [1.165, 1.54) is 27.2 Å². The summed E-state index contributed by atoms with van der Waals surface area (Å²) in [4.78, 5) is 0. The summed E-state index contributed by atoms with van der Waals surface area (Å²) in [5.74, 6) is 0.422. The molecule has 0 fully saturated rings. The maximum absolute atomic E-state index is 10.5. The lowest BCUT2D eigenvalue weighted by Crippen LogP contribution is -1.99. The number of hydrogen-bond donors (Lipinski definition) is 1. The Hall–Kier alpha value is 2.15. The van der Waals surface area contributed by atoms with Crippen LogP contribution in [-0.4, -0.2) is 5.11 Å². The van der Waals surface area contributed by atoms with Gasteiger partial charge < -0.3 is 5.11 Å². The third kappa shape index (κ3) is 2.51. The topological polar surface area (TPSA) is 20.2 Å². The molecule has 2 aromatic carbocycles. The number of aromatic hydroxyl groups is 1. The van der Waals surface area contributed by atoms with Crippen molar-refractivity contribution < 1.29 is 5.11 Å². The van der Waals surface area contributed by atoms with Crippen LogP contribution in [0, 0.1) is 31.7 Å². The van der Waals surface area contributed by atoms with Crippen LogP contribution in [0.4, 0.5) is 0 Å². The first kappa shape index (κ1) is 16.5. The van der Waals surface area contributed by atoms with E-state index in [0.717, 1.165) is 12.5 Å². The van der Waals surface area contributed by atoms with Crippen LogP contribution in [0.15, 0.2) is 0 Å². The summed E-state index contributed by atoms with van der Waals surface area (Å²) < 4.78 is 5.84. The molecule has 0 saturated heterocycles. The van der Waals surface area contributed by atoms with E-state index in [1.807, 2.05) is 0 Å². The summed E-state index contributed by atoms with van der Waals surface area (Å²) in [5.41, 5.74) is 2.43. The number of aryl methyl sites for hydroxylation is 2. The van der Waals surface area contributed by atoms with Crippen molar-refractivity contribution in [3.8, 4) is 5.75 Å². The summed E-state index contributed by atoms with van der Waals surface area (Å²) in [7, 11) is 0. The minimum absolute atomic E-state index is 0.422. The molecule has 0 amide bonds. The standard InChI is InChI=1S/C12H7I5O/c1-3-5-6(4(2)8(14)7(3)13)12(18)11(17)10(16)9(5)15/h18H,1-2H3. The van der Waals surface area contributed by atoms with Crippen LogP contribution in [0.3, 0.4) is 0 Å². The maximum atomic E-state index is 10.5. The van der Waals surface area contributed by atoms with Gasteiger partial charge in [-0.1, -0.05) is 0 Å². The van der Waals surface area contributed by atoms with Gasteiger partial charge in [0.1, 0.15) is 5.75 Å². The Labute approximate surface area is 174 Å². The second kappa shape index (κ2) is 6.10. The molecule has 2 rings (SSSR count). The van der Waals surface area contributed by atoms with E-state index in [2.05, 4.69) is 127 Å². The monoisotopic (exact) mass is 802 g/mol. The summed E-state index contributed by atoms with van der Waals surface area (Å²) in [6.45, 7) is 4.22. The Kier molecular flexibility index (Phi) is 5.60. The molecule has 0 radical (unpaired) electrons. The van der Waals surface area contributed by atoms with Gasteiger partial charge in [0, 0.05) is 25.1 Å². The van der Waals surface area contributed by atoms with Crippen molar-refractivity contribution in [2.45, 2.75) is 13.8 Å². The van der Waals surface area contributed by atoms with Crippen molar-refractivity contribution in [2.75, 3.05) is 0 Å². The molecule has 0 heterocycles. The second-order valence-corrected chi connectivity index (χ2v) is 9.31. The molecule has 0 aliphatic carbocycles. The minimum atomic E-state index is 0.422. The molecule has 1 N–H and O–H groups in total. The summed E-state index contributed by atoms with van der Waals surface area (Å²) in [6, 6.07) is 0. The van der Waals surface area contributed by atoms with Crippen LogP contribution in [-0.2, 0) is 0 Å². The van der Waals surface area contributed by atoms with Gasteiger partial charge in [-0.25, -0.2) is 0 Å². The summed E-state index contributed by atoms with van der Waals surface area (Å²) in [5, 5.41) is 12.7. The average Bonchev–Trinajstić information content (AvgIpc) is 2.35. The van der Waals surface area contributed by atoms with Crippen molar-refractivity contribution in [1.29, 1.82) is 0 Å². The van der Waals surface area contributed by atoms with Crippen molar-refractivity contribution in [3.05, 3.63) is 29.0 Å². The van der Waals surface area contributed by atoms with Gasteiger partial charge in [0.25, 0.3) is 0 Å². The Morgan fingerprint density at radius 2 is 1.06 bits per heavy atom. The van der Waals surface area contributed by atoms with Crippen LogP contribution >= 0.6 is 113 Å². The summed E-state index contributed by atoms with van der Waals surface area (Å²) >= 11 is 11.7. The third-order valence-electron chi connectivity index (χ3n) is 2.90. The van der Waals surface area contributed by atoms with Crippen molar-refractivity contribution in [3.63, 3.8) is 0 Å². The van der Waals surface area contributed by atoms with E-state index in [0.29, 0.717) is 5.75 Å². The smallest absolute Gasteiger partial charge is 0.138 e. The first-order chi connectivity index (χ1) is 8.29. The molecule has 0 atom stereocenters. The molecule has 0 spiro atoms. The van der Waals surface area contributed by atoms with E-state index >= 15 is 0 Å². The van der Waals surface area contributed by atoms with Gasteiger partial charge in [-0.05, 0) is 138 Å². The van der Waals surface area contributed by atoms with E-state index in [4.69, 9.17) is 0 Å². The van der Waals surface area contributed by atoms with E-state index < -0.39 is 0 Å². The highest BCUT2D eigenvalue weighted by molar-refractivity contribution is 14.1. The lowest BCUT2D eigenvalue weighted by molar-refractivity contribution is 0.477. The number of hydrogen-bond acceptors (Lipinski definition) is 1. The molecule has 1 nitrogen and oxygen atoms in total. The number of fused-ring (bicyclic) bond motifs is 1. The van der Waals surface area contributed by atoms with Gasteiger partial charge in [0.05, 0.1) is 3.57 Å². The lowest BCUT2D eigenvalue weighted by atomic mass is 10.0. The SMILES string of the molecule is Cc1c(I)c(I)c(C)c2c(I)c(I)c(I)c(O)c12. The van der Waals surface area contributed by atoms with E-state index in [-0.39, 0.29) is 0 Å². The lowest BCUT2D eigenvalue weighted by Gasteiger charge is -2.17. The zero-order chi connectivity index (χ0) is 13.8. The average molecular weight is 802 g/mol. The Bertz CT molecular complexity index is 565. The van der Waals surface area contributed by atoms with Crippen LogP contribution in [0.2, 0.25) is 0 Å². The first-order valence-electron chi connectivity index (χ1n) is 4.92. The molecule has 96 valence electrons. The molecular formula is C12H7I5O. The highest BCUT2D eigenvalue weighted by atomic mass is 127. The molecule has 6 heteroatoms. The van der Waals surface area contributed by atoms with Gasteiger partial charge in [-0.3, -0.25) is 0 Å². The third-order valence-corrected chi connectivity index (χ3v) is 11.9. The predicted octanol–water partition coefficient (Wildman–Crippen LogP) is 6.19. The van der Waals surface area contributed by atoms with Crippen molar-refractivity contribution >= 4 is 124 Å². The van der Waals surface area contributed by atoms with E-state index in [9.17, 15) is 5.11 Å². The zero-order valence-electron chi connectivity index (χ0n) is 9.34. The zero-order valence-corrected chi connectivity index (χ0v) is 20.1. The van der Waals surface area contributed by atoms with Gasteiger partial charge in [-0.15, -0.1) is 0 Å². The van der Waals surface area contributed by atoms with Gasteiger partial charge in [0.15, 0.2) is 0 Å². The molecule has 0 aromatic heterocycles. The Morgan fingerprint density at radius 1 is 0.611 bits per heavy atom. The largest absolute Gasteiger partial charge is 0.506 e. The molecule has 2 aromatic rings. The Morgan fingerprint density at radius 3 is 1.56 bits per heavy atom. The number of phenolic OH excluding ortho intramolecular Hbond substituents is 1. The number of halogens is 5. The van der Waals surface area contributed by atoms with Crippen LogP contribution in [0.1, 0.15) is 11.1 Å². The minimum Gasteiger partial charge on any atom is -0.506 e. The fourth-order valence-corrected chi connectivity index (χ4v) is 5.79. The molecular weight excluding hydrogens is 795 g/mol. The van der Waals surface area contributed by atoms with Gasteiger partial charge in [-0.2, -0.15) is 0 Å². The van der Waals surface area contributed by atoms with Crippen LogP contribution < -0.4 is 0 Å². The molecule has 0 bridgehead atoms. The number of benzene rings is 2. The molecule has 0 aliphatic rings. The fourth-order valence-electron chi connectivity index (χ4n) is 1.91. The van der Waals surface area contributed by atoms with Crippen molar-refractivity contribution in [1.82, 2.24) is 0 Å². The van der Waals surface area contributed by atoms with Gasteiger partial charge in [0.2, 0.25) is 0 Å². The van der Waals surface area contributed by atoms with Gasteiger partial charge >= 0.3 is 0 Å². The highest BCUT2D eigenvalue weighted by Crippen LogP contribution is 2.43. The molecule has 0 saturated carbocycles. The quantitative estimate of drug-likeness (QED) is 0.250. The number of phenols is 1. The summed E-state index contributed by atoms with van der Waals surface area (Å²) in [6.07, 6.45) is 0.